The Morgan fingerprint density at radius 2 is 1.52 bits per heavy atom. The van der Waals surface area contributed by atoms with Gasteiger partial charge < -0.3 is 9.88 Å². The van der Waals surface area contributed by atoms with Gasteiger partial charge >= 0.3 is 0 Å². The summed E-state index contributed by atoms with van der Waals surface area (Å²) in [6.07, 6.45) is 0.356. The van der Waals surface area contributed by atoms with Crippen LogP contribution in [-0.4, -0.2) is 10.5 Å². The second kappa shape index (κ2) is 6.98. The number of benzene rings is 2. The highest BCUT2D eigenvalue weighted by molar-refractivity contribution is 5.92. The van der Waals surface area contributed by atoms with Crippen molar-refractivity contribution < 1.29 is 4.79 Å². The molecule has 1 N–H and O–H groups in total. The van der Waals surface area contributed by atoms with Gasteiger partial charge in [-0.2, -0.15) is 0 Å². The molecule has 1 heterocycles. The van der Waals surface area contributed by atoms with E-state index >= 15 is 0 Å². The van der Waals surface area contributed by atoms with Crippen molar-refractivity contribution in [3.8, 4) is 11.3 Å². The summed E-state index contributed by atoms with van der Waals surface area (Å²) in [5.41, 5.74) is 7.67. The first-order chi connectivity index (χ1) is 11.9. The first-order valence-electron chi connectivity index (χ1n) is 8.52. The number of anilines is 1. The monoisotopic (exact) mass is 332 g/mol. The lowest BCUT2D eigenvalue weighted by molar-refractivity contribution is -0.115. The van der Waals surface area contributed by atoms with E-state index in [-0.39, 0.29) is 5.91 Å². The van der Waals surface area contributed by atoms with Gasteiger partial charge in [0.1, 0.15) is 0 Å². The van der Waals surface area contributed by atoms with E-state index in [0.717, 1.165) is 33.8 Å². The quantitative estimate of drug-likeness (QED) is 0.732. The van der Waals surface area contributed by atoms with E-state index < -0.39 is 0 Å². The molecule has 128 valence electrons. The van der Waals surface area contributed by atoms with Crippen LogP contribution in [0, 0.1) is 20.8 Å². The summed E-state index contributed by atoms with van der Waals surface area (Å²) in [5.74, 6) is 0.00153. The summed E-state index contributed by atoms with van der Waals surface area (Å²) in [4.78, 5) is 12.4. The van der Waals surface area contributed by atoms with Crippen LogP contribution < -0.4 is 5.32 Å². The average molecular weight is 332 g/mol. The van der Waals surface area contributed by atoms with Crippen LogP contribution in [-0.2, 0) is 18.3 Å². The Balaban J connectivity index is 1.75. The van der Waals surface area contributed by atoms with Gasteiger partial charge in [-0.25, -0.2) is 0 Å². The van der Waals surface area contributed by atoms with Crippen molar-refractivity contribution in [1.82, 2.24) is 4.57 Å². The average Bonchev–Trinajstić information content (AvgIpc) is 2.88. The highest BCUT2D eigenvalue weighted by Gasteiger charge is 2.11. The van der Waals surface area contributed by atoms with Crippen LogP contribution in [0.1, 0.15) is 22.4 Å². The van der Waals surface area contributed by atoms with Gasteiger partial charge in [-0.1, -0.05) is 35.9 Å². The summed E-state index contributed by atoms with van der Waals surface area (Å²) in [7, 11) is 2.01. The first-order valence-corrected chi connectivity index (χ1v) is 8.52. The largest absolute Gasteiger partial charge is 0.347 e. The second-order valence-electron chi connectivity index (χ2n) is 6.74. The number of aromatic nitrogens is 1. The molecular formula is C22H24N2O. The molecule has 0 saturated heterocycles. The highest BCUT2D eigenvalue weighted by atomic mass is 16.1. The molecule has 3 nitrogen and oxygen atoms in total. The molecule has 0 saturated carbocycles. The van der Waals surface area contributed by atoms with Crippen LogP contribution >= 0.6 is 0 Å². The van der Waals surface area contributed by atoms with Crippen LogP contribution in [0.4, 0.5) is 5.69 Å². The molecule has 0 fully saturated rings. The molecule has 25 heavy (non-hydrogen) atoms. The fraction of sp³-hybridized carbons (Fsp3) is 0.227. The van der Waals surface area contributed by atoms with Gasteiger partial charge in [0.15, 0.2) is 0 Å². The summed E-state index contributed by atoms with van der Waals surface area (Å²) >= 11 is 0. The molecule has 0 aliphatic heterocycles. The minimum absolute atomic E-state index is 0.00153. The lowest BCUT2D eigenvalue weighted by atomic mass is 10.1. The van der Waals surface area contributed by atoms with Crippen molar-refractivity contribution in [1.29, 1.82) is 0 Å². The predicted molar refractivity (Wildman–Crippen MR) is 104 cm³/mol. The molecule has 3 aromatic rings. The number of hydrogen-bond donors (Lipinski definition) is 1. The maximum atomic E-state index is 12.4. The zero-order valence-electron chi connectivity index (χ0n) is 15.3. The number of carbonyl (C=O) groups is 1. The molecule has 0 radical (unpaired) electrons. The molecule has 1 aromatic heterocycles. The zero-order chi connectivity index (χ0) is 18.0. The third-order valence-electron chi connectivity index (χ3n) is 4.42. The Morgan fingerprint density at radius 3 is 2.16 bits per heavy atom. The summed E-state index contributed by atoms with van der Waals surface area (Å²) in [6, 6.07) is 18.6. The van der Waals surface area contributed by atoms with Crippen LogP contribution in [0.25, 0.3) is 11.3 Å². The van der Waals surface area contributed by atoms with Crippen molar-refractivity contribution in [2.24, 2.45) is 7.05 Å². The van der Waals surface area contributed by atoms with Gasteiger partial charge in [0.25, 0.3) is 0 Å². The lowest BCUT2D eigenvalue weighted by Crippen LogP contribution is -2.16. The molecule has 2 aromatic carbocycles. The predicted octanol–water partition coefficient (Wildman–Crippen LogP) is 4.80. The highest BCUT2D eigenvalue weighted by Crippen LogP contribution is 2.22. The van der Waals surface area contributed by atoms with Gasteiger partial charge in [0.05, 0.1) is 6.42 Å². The molecule has 0 bridgehead atoms. The lowest BCUT2D eigenvalue weighted by Gasteiger charge is -2.10. The third kappa shape index (κ3) is 4.00. The van der Waals surface area contributed by atoms with Gasteiger partial charge in [-0.15, -0.1) is 0 Å². The molecule has 0 spiro atoms. The van der Waals surface area contributed by atoms with E-state index in [0.29, 0.717) is 6.42 Å². The van der Waals surface area contributed by atoms with E-state index in [9.17, 15) is 4.79 Å². The first kappa shape index (κ1) is 17.0. The van der Waals surface area contributed by atoms with E-state index in [1.54, 1.807) is 0 Å². The minimum atomic E-state index is 0.00153. The Hall–Kier alpha value is -2.81. The van der Waals surface area contributed by atoms with E-state index in [1.807, 2.05) is 39.1 Å². The smallest absolute Gasteiger partial charge is 0.230 e. The fourth-order valence-electron chi connectivity index (χ4n) is 3.16. The van der Waals surface area contributed by atoms with E-state index in [4.69, 9.17) is 0 Å². The number of carbonyl (C=O) groups excluding carboxylic acids is 1. The second-order valence-corrected chi connectivity index (χ2v) is 6.74. The summed E-state index contributed by atoms with van der Waals surface area (Å²) in [5, 5.41) is 3.00. The van der Waals surface area contributed by atoms with Crippen LogP contribution in [0.15, 0.2) is 54.6 Å². The van der Waals surface area contributed by atoms with Crippen LogP contribution in [0.5, 0.6) is 0 Å². The molecule has 3 rings (SSSR count). The number of aryl methyl sites for hydroxylation is 3. The Bertz CT molecular complexity index is 884. The number of nitrogens with one attached hydrogen (secondary N) is 1. The molecule has 0 unspecified atom stereocenters. The van der Waals surface area contributed by atoms with E-state index in [1.165, 1.54) is 5.56 Å². The normalized spacial score (nSPS) is 10.7. The van der Waals surface area contributed by atoms with Gasteiger partial charge in [-0.3, -0.25) is 4.79 Å². The standard InChI is InChI=1S/C22H24N2O/c1-15-5-7-18(8-6-15)21-10-9-20(24(21)4)14-22(25)23-19-12-16(2)11-17(3)13-19/h5-13H,14H2,1-4H3,(H,23,25). The molecular weight excluding hydrogens is 308 g/mol. The molecule has 3 heteroatoms. The Morgan fingerprint density at radius 1 is 0.880 bits per heavy atom. The Labute approximate surface area is 149 Å². The molecule has 0 aliphatic carbocycles. The van der Waals surface area contributed by atoms with Gasteiger partial charge in [0, 0.05) is 24.1 Å². The topological polar surface area (TPSA) is 34.0 Å². The maximum absolute atomic E-state index is 12.4. The van der Waals surface area contributed by atoms with Crippen molar-refractivity contribution in [3.63, 3.8) is 0 Å². The number of hydrogen-bond acceptors (Lipinski definition) is 1. The van der Waals surface area contributed by atoms with Crippen molar-refractivity contribution in [3.05, 3.63) is 77.0 Å². The number of rotatable bonds is 4. The van der Waals surface area contributed by atoms with Crippen molar-refractivity contribution >= 4 is 11.6 Å². The zero-order valence-corrected chi connectivity index (χ0v) is 15.3. The van der Waals surface area contributed by atoms with Crippen molar-refractivity contribution in [2.45, 2.75) is 27.2 Å². The number of amides is 1. The van der Waals surface area contributed by atoms with E-state index in [2.05, 4.69) is 53.2 Å². The van der Waals surface area contributed by atoms with Gasteiger partial charge in [0.2, 0.25) is 5.91 Å². The number of nitrogens with zero attached hydrogens (tertiary/aromatic N) is 1. The van der Waals surface area contributed by atoms with Gasteiger partial charge in [-0.05, 0) is 61.7 Å². The summed E-state index contributed by atoms with van der Waals surface area (Å²) < 4.78 is 2.09. The Kier molecular flexibility index (Phi) is 4.75. The SMILES string of the molecule is Cc1ccc(-c2ccc(CC(=O)Nc3cc(C)cc(C)c3)n2C)cc1. The third-order valence-corrected chi connectivity index (χ3v) is 4.42. The van der Waals surface area contributed by atoms with Crippen LogP contribution in [0.3, 0.4) is 0 Å². The molecule has 0 atom stereocenters. The van der Waals surface area contributed by atoms with Crippen molar-refractivity contribution in [2.75, 3.05) is 5.32 Å². The molecule has 1 amide bonds. The molecule has 0 aliphatic rings. The summed E-state index contributed by atoms with van der Waals surface area (Å²) in [6.45, 7) is 6.15. The fourth-order valence-corrected chi connectivity index (χ4v) is 3.16. The maximum Gasteiger partial charge on any atom is 0.230 e. The van der Waals surface area contributed by atoms with Crippen LogP contribution in [0.2, 0.25) is 0 Å². The minimum Gasteiger partial charge on any atom is -0.347 e.